The van der Waals surface area contributed by atoms with Crippen LogP contribution in [0.1, 0.15) is 16.1 Å². The summed E-state index contributed by atoms with van der Waals surface area (Å²) in [5, 5.41) is 5.70. The van der Waals surface area contributed by atoms with E-state index in [9.17, 15) is 4.79 Å². The fourth-order valence-corrected chi connectivity index (χ4v) is 3.39. The zero-order chi connectivity index (χ0) is 19.5. The summed E-state index contributed by atoms with van der Waals surface area (Å²) in [6.45, 7) is 0. The maximum atomic E-state index is 12.8. The number of fused-ring (bicyclic) bond motifs is 1. The van der Waals surface area contributed by atoms with Crippen LogP contribution < -0.4 is 5.43 Å². The predicted octanol–water partition coefficient (Wildman–Crippen LogP) is 6.01. The number of nitrogens with one attached hydrogen (secondary N) is 2. The second kappa shape index (κ2) is 8.00. The van der Waals surface area contributed by atoms with Crippen molar-refractivity contribution in [1.82, 2.24) is 10.4 Å². The first-order valence-corrected chi connectivity index (χ1v) is 9.74. The highest BCUT2D eigenvalue weighted by Crippen LogP contribution is 2.33. The van der Waals surface area contributed by atoms with Gasteiger partial charge >= 0.3 is 0 Å². The maximum absolute atomic E-state index is 12.8. The zero-order valence-corrected chi connectivity index (χ0v) is 17.0. The first-order chi connectivity index (χ1) is 13.6. The van der Waals surface area contributed by atoms with Gasteiger partial charge in [0.15, 0.2) is 0 Å². The van der Waals surface area contributed by atoms with Gasteiger partial charge in [0.2, 0.25) is 0 Å². The van der Waals surface area contributed by atoms with Crippen LogP contribution >= 0.6 is 27.5 Å². The Kier molecular flexibility index (Phi) is 5.28. The molecule has 0 bridgehead atoms. The summed E-state index contributed by atoms with van der Waals surface area (Å²) in [7, 11) is 0. The molecule has 0 aliphatic rings. The number of carbonyl (C=O) groups excluding carboxylic acids is 1. The van der Waals surface area contributed by atoms with Crippen molar-refractivity contribution in [3.63, 3.8) is 0 Å². The fourth-order valence-electron chi connectivity index (χ4n) is 3.00. The van der Waals surface area contributed by atoms with Crippen molar-refractivity contribution in [3.05, 3.63) is 93.5 Å². The number of H-pyrrole nitrogens is 1. The normalized spacial score (nSPS) is 11.2. The summed E-state index contributed by atoms with van der Waals surface area (Å²) in [6.07, 6.45) is 1.61. The number of nitrogens with zero attached hydrogens (tertiary/aromatic N) is 1. The molecular formula is C22H15BrClN3O. The van der Waals surface area contributed by atoms with Crippen LogP contribution in [-0.2, 0) is 0 Å². The van der Waals surface area contributed by atoms with Crippen LogP contribution in [0, 0.1) is 0 Å². The van der Waals surface area contributed by atoms with Gasteiger partial charge in [-0.3, -0.25) is 4.79 Å². The maximum Gasteiger partial charge on any atom is 0.288 e. The Labute approximate surface area is 175 Å². The van der Waals surface area contributed by atoms with Crippen molar-refractivity contribution >= 4 is 50.6 Å². The molecule has 3 aromatic carbocycles. The molecule has 4 rings (SSSR count). The minimum Gasteiger partial charge on any atom is -0.350 e. The quantitative estimate of drug-likeness (QED) is 0.289. The summed E-state index contributed by atoms with van der Waals surface area (Å²) in [6, 6.07) is 22.9. The SMILES string of the molecule is O=C(N/N=C\c1ccc(Br)cc1)c1[nH]c2ccccc2c1-c1ccc(Cl)cc1. The second-order valence-electron chi connectivity index (χ2n) is 6.18. The number of carbonyl (C=O) groups is 1. The lowest BCUT2D eigenvalue weighted by Crippen LogP contribution is -2.18. The van der Waals surface area contributed by atoms with Crippen LogP contribution in [0.2, 0.25) is 5.02 Å². The minimum atomic E-state index is -0.311. The number of hydrogen-bond donors (Lipinski definition) is 2. The molecule has 6 heteroatoms. The Morgan fingerprint density at radius 1 is 1.00 bits per heavy atom. The average Bonchev–Trinajstić information content (AvgIpc) is 3.10. The number of hydrazone groups is 1. The molecule has 138 valence electrons. The van der Waals surface area contributed by atoms with Crippen LogP contribution in [0.3, 0.4) is 0 Å². The first kappa shape index (κ1) is 18.5. The van der Waals surface area contributed by atoms with Gasteiger partial charge in [-0.1, -0.05) is 70.0 Å². The van der Waals surface area contributed by atoms with E-state index in [2.05, 4.69) is 31.4 Å². The summed E-state index contributed by atoms with van der Waals surface area (Å²) in [5.41, 5.74) is 6.56. The Morgan fingerprint density at radius 3 is 2.46 bits per heavy atom. The van der Waals surface area contributed by atoms with Crippen molar-refractivity contribution in [3.8, 4) is 11.1 Å². The second-order valence-corrected chi connectivity index (χ2v) is 7.53. The molecule has 0 aliphatic carbocycles. The van der Waals surface area contributed by atoms with Crippen LogP contribution in [-0.4, -0.2) is 17.1 Å². The Morgan fingerprint density at radius 2 is 1.71 bits per heavy atom. The number of benzene rings is 3. The summed E-state index contributed by atoms with van der Waals surface area (Å²) >= 11 is 9.41. The van der Waals surface area contributed by atoms with E-state index in [1.165, 1.54) is 0 Å². The molecule has 0 fully saturated rings. The van der Waals surface area contributed by atoms with E-state index >= 15 is 0 Å². The van der Waals surface area contributed by atoms with Crippen molar-refractivity contribution in [2.45, 2.75) is 0 Å². The number of aromatic amines is 1. The molecule has 0 aliphatic heterocycles. The molecule has 2 N–H and O–H groups in total. The lowest BCUT2D eigenvalue weighted by molar-refractivity contribution is 0.0951. The van der Waals surface area contributed by atoms with Crippen molar-refractivity contribution < 1.29 is 4.79 Å². The smallest absolute Gasteiger partial charge is 0.288 e. The lowest BCUT2D eigenvalue weighted by Gasteiger charge is -2.05. The van der Waals surface area contributed by atoms with Crippen LogP contribution in [0.25, 0.3) is 22.0 Å². The minimum absolute atomic E-state index is 0.311. The highest BCUT2D eigenvalue weighted by Gasteiger charge is 2.18. The van der Waals surface area contributed by atoms with Crippen LogP contribution in [0.5, 0.6) is 0 Å². The Balaban J connectivity index is 1.67. The Hall–Kier alpha value is -2.89. The van der Waals surface area contributed by atoms with Crippen molar-refractivity contribution in [2.75, 3.05) is 0 Å². The summed E-state index contributed by atoms with van der Waals surface area (Å²) in [4.78, 5) is 16.0. The van der Waals surface area contributed by atoms with E-state index in [1.54, 1.807) is 6.21 Å². The van der Waals surface area contributed by atoms with Gasteiger partial charge in [0.1, 0.15) is 5.69 Å². The largest absolute Gasteiger partial charge is 0.350 e. The number of rotatable bonds is 4. The van der Waals surface area contributed by atoms with E-state index in [0.29, 0.717) is 10.7 Å². The molecule has 0 atom stereocenters. The van der Waals surface area contributed by atoms with Gasteiger partial charge < -0.3 is 4.98 Å². The van der Waals surface area contributed by atoms with Crippen molar-refractivity contribution in [2.24, 2.45) is 5.10 Å². The van der Waals surface area contributed by atoms with Gasteiger partial charge in [0, 0.05) is 26.0 Å². The van der Waals surface area contributed by atoms with E-state index in [-0.39, 0.29) is 5.91 Å². The van der Waals surface area contributed by atoms with Crippen LogP contribution in [0.15, 0.2) is 82.4 Å². The van der Waals surface area contributed by atoms with E-state index in [0.717, 1.165) is 32.1 Å². The van der Waals surface area contributed by atoms with Crippen LogP contribution in [0.4, 0.5) is 0 Å². The third-order valence-electron chi connectivity index (χ3n) is 4.32. The molecule has 28 heavy (non-hydrogen) atoms. The van der Waals surface area contributed by atoms with Gasteiger partial charge in [-0.2, -0.15) is 5.10 Å². The fraction of sp³-hybridized carbons (Fsp3) is 0. The average molecular weight is 453 g/mol. The van der Waals surface area contributed by atoms with E-state index in [1.807, 2.05) is 72.8 Å². The van der Waals surface area contributed by atoms with Gasteiger partial charge in [-0.15, -0.1) is 0 Å². The molecular weight excluding hydrogens is 438 g/mol. The molecule has 4 aromatic rings. The summed E-state index contributed by atoms with van der Waals surface area (Å²) < 4.78 is 0.986. The lowest BCUT2D eigenvalue weighted by atomic mass is 10.0. The van der Waals surface area contributed by atoms with Gasteiger partial charge in [-0.05, 0) is 41.5 Å². The molecule has 4 nitrogen and oxygen atoms in total. The highest BCUT2D eigenvalue weighted by atomic mass is 79.9. The highest BCUT2D eigenvalue weighted by molar-refractivity contribution is 9.10. The molecule has 1 aromatic heterocycles. The number of halogens is 2. The number of hydrogen-bond acceptors (Lipinski definition) is 2. The molecule has 0 spiro atoms. The van der Waals surface area contributed by atoms with Crippen molar-refractivity contribution in [1.29, 1.82) is 0 Å². The molecule has 1 heterocycles. The molecule has 0 saturated heterocycles. The third-order valence-corrected chi connectivity index (χ3v) is 5.10. The summed E-state index contributed by atoms with van der Waals surface area (Å²) in [5.74, 6) is -0.311. The standard InChI is InChI=1S/C22H15BrClN3O/c23-16-9-5-14(6-10-16)13-25-27-22(28)21-20(15-7-11-17(24)12-8-15)18-3-1-2-4-19(18)26-21/h1-13,26H,(H,27,28)/b25-13-. The molecule has 0 unspecified atom stereocenters. The first-order valence-electron chi connectivity index (χ1n) is 8.57. The van der Waals surface area contributed by atoms with Gasteiger partial charge in [-0.25, -0.2) is 5.43 Å². The molecule has 0 radical (unpaired) electrons. The zero-order valence-electron chi connectivity index (χ0n) is 14.6. The number of para-hydroxylation sites is 1. The van der Waals surface area contributed by atoms with E-state index < -0.39 is 0 Å². The predicted molar refractivity (Wildman–Crippen MR) is 118 cm³/mol. The number of aromatic nitrogens is 1. The molecule has 0 saturated carbocycles. The third kappa shape index (κ3) is 3.86. The molecule has 1 amide bonds. The monoisotopic (exact) mass is 451 g/mol. The topological polar surface area (TPSA) is 57.2 Å². The Bertz CT molecular complexity index is 1160. The van der Waals surface area contributed by atoms with Gasteiger partial charge in [0.05, 0.1) is 6.21 Å². The van der Waals surface area contributed by atoms with Gasteiger partial charge in [0.25, 0.3) is 5.91 Å². The van der Waals surface area contributed by atoms with E-state index in [4.69, 9.17) is 11.6 Å². The number of amides is 1.